The van der Waals surface area contributed by atoms with Crippen molar-refractivity contribution in [3.05, 3.63) is 65.4 Å². The van der Waals surface area contributed by atoms with Crippen LogP contribution in [0.5, 0.6) is 0 Å². The van der Waals surface area contributed by atoms with E-state index >= 15 is 0 Å². The molecule has 1 aliphatic rings. The molecule has 0 unspecified atom stereocenters. The maximum absolute atomic E-state index is 13.1. The fourth-order valence-corrected chi connectivity index (χ4v) is 5.00. The second-order valence-corrected chi connectivity index (χ2v) is 8.89. The SMILES string of the molecule is O=S(=O)(c1ccccc1)n1cc(Br)cc1-c1ccc(N2CCOCC2)nc1. The van der Waals surface area contributed by atoms with Gasteiger partial charge in [-0.15, -0.1) is 0 Å². The number of benzene rings is 1. The van der Waals surface area contributed by atoms with Gasteiger partial charge >= 0.3 is 0 Å². The van der Waals surface area contributed by atoms with Crippen LogP contribution in [-0.4, -0.2) is 43.7 Å². The molecule has 0 aliphatic carbocycles. The molecule has 1 aliphatic heterocycles. The predicted molar refractivity (Wildman–Crippen MR) is 107 cm³/mol. The van der Waals surface area contributed by atoms with E-state index in [0.717, 1.165) is 24.5 Å². The first kappa shape index (κ1) is 18.2. The summed E-state index contributed by atoms with van der Waals surface area (Å²) in [6, 6.07) is 14.0. The molecule has 0 spiro atoms. The predicted octanol–water partition coefficient (Wildman–Crippen LogP) is 3.39. The standard InChI is InChI=1S/C19H18BrN3O3S/c20-16-12-18(23(14-16)27(24,25)17-4-2-1-3-5-17)15-6-7-19(21-13-15)22-8-10-26-11-9-22/h1-7,12-14H,8-11H2. The van der Waals surface area contributed by atoms with E-state index in [-0.39, 0.29) is 4.90 Å². The van der Waals surface area contributed by atoms with Crippen molar-refractivity contribution in [3.8, 4) is 11.3 Å². The average Bonchev–Trinajstić information content (AvgIpc) is 3.12. The van der Waals surface area contributed by atoms with Crippen LogP contribution in [0.2, 0.25) is 0 Å². The summed E-state index contributed by atoms with van der Waals surface area (Å²) in [5.41, 5.74) is 1.30. The van der Waals surface area contributed by atoms with Gasteiger partial charge in [0, 0.05) is 35.5 Å². The summed E-state index contributed by atoms with van der Waals surface area (Å²) in [6.07, 6.45) is 3.27. The first-order valence-electron chi connectivity index (χ1n) is 8.53. The van der Waals surface area contributed by atoms with Crippen molar-refractivity contribution in [2.24, 2.45) is 0 Å². The second kappa shape index (κ2) is 7.46. The summed E-state index contributed by atoms with van der Waals surface area (Å²) >= 11 is 3.39. The fraction of sp³-hybridized carbons (Fsp3) is 0.211. The summed E-state index contributed by atoms with van der Waals surface area (Å²) < 4.78 is 33.5. The Kier molecular flexibility index (Phi) is 5.03. The normalized spacial score (nSPS) is 15.1. The van der Waals surface area contributed by atoms with Crippen molar-refractivity contribution < 1.29 is 13.2 Å². The third kappa shape index (κ3) is 3.65. The van der Waals surface area contributed by atoms with Crippen molar-refractivity contribution in [1.29, 1.82) is 0 Å². The highest BCUT2D eigenvalue weighted by molar-refractivity contribution is 9.10. The van der Waals surface area contributed by atoms with E-state index in [9.17, 15) is 8.42 Å². The number of pyridine rings is 1. The smallest absolute Gasteiger partial charge is 0.268 e. The molecule has 1 aromatic carbocycles. The lowest BCUT2D eigenvalue weighted by molar-refractivity contribution is 0.122. The molecule has 0 N–H and O–H groups in total. The topological polar surface area (TPSA) is 64.4 Å². The molecule has 4 rings (SSSR count). The van der Waals surface area contributed by atoms with Gasteiger partial charge < -0.3 is 9.64 Å². The number of nitrogens with zero attached hydrogens (tertiary/aromatic N) is 3. The first-order chi connectivity index (χ1) is 13.1. The van der Waals surface area contributed by atoms with Gasteiger partial charge in [-0.25, -0.2) is 17.4 Å². The van der Waals surface area contributed by atoms with Crippen molar-refractivity contribution in [1.82, 2.24) is 8.96 Å². The number of halogens is 1. The average molecular weight is 448 g/mol. The summed E-state index contributed by atoms with van der Waals surface area (Å²) in [7, 11) is -3.70. The minimum absolute atomic E-state index is 0.243. The maximum Gasteiger partial charge on any atom is 0.268 e. The number of anilines is 1. The number of morpholine rings is 1. The maximum atomic E-state index is 13.1. The zero-order valence-electron chi connectivity index (χ0n) is 14.5. The molecule has 3 heterocycles. The summed E-state index contributed by atoms with van der Waals surface area (Å²) in [5.74, 6) is 0.866. The van der Waals surface area contributed by atoms with Gasteiger partial charge in [0.15, 0.2) is 0 Å². The molecule has 0 radical (unpaired) electrons. The Morgan fingerprint density at radius 3 is 2.44 bits per heavy atom. The number of hydrogen-bond donors (Lipinski definition) is 0. The summed E-state index contributed by atoms with van der Waals surface area (Å²) in [5, 5.41) is 0. The van der Waals surface area contributed by atoms with Gasteiger partial charge in [-0.2, -0.15) is 0 Å². The van der Waals surface area contributed by atoms with Crippen molar-refractivity contribution in [2.45, 2.75) is 4.90 Å². The van der Waals surface area contributed by atoms with Crippen LogP contribution in [0.3, 0.4) is 0 Å². The number of rotatable bonds is 4. The van der Waals surface area contributed by atoms with E-state index in [4.69, 9.17) is 4.74 Å². The fourth-order valence-electron chi connectivity index (χ4n) is 3.05. The number of hydrogen-bond acceptors (Lipinski definition) is 5. The van der Waals surface area contributed by atoms with E-state index < -0.39 is 10.0 Å². The van der Waals surface area contributed by atoms with Gasteiger partial charge in [0.2, 0.25) is 0 Å². The summed E-state index contributed by atoms with van der Waals surface area (Å²) in [6.45, 7) is 2.98. The van der Waals surface area contributed by atoms with Crippen molar-refractivity contribution in [3.63, 3.8) is 0 Å². The molecule has 0 amide bonds. The molecule has 1 fully saturated rings. The lowest BCUT2D eigenvalue weighted by atomic mass is 10.2. The van der Waals surface area contributed by atoms with Crippen LogP contribution >= 0.6 is 15.9 Å². The highest BCUT2D eigenvalue weighted by Crippen LogP contribution is 2.29. The van der Waals surface area contributed by atoms with E-state index in [0.29, 0.717) is 23.4 Å². The van der Waals surface area contributed by atoms with Crippen molar-refractivity contribution >= 4 is 31.8 Å². The van der Waals surface area contributed by atoms with Gasteiger partial charge in [-0.1, -0.05) is 18.2 Å². The third-order valence-corrected chi connectivity index (χ3v) is 6.55. The zero-order valence-corrected chi connectivity index (χ0v) is 16.9. The number of ether oxygens (including phenoxy) is 1. The Labute approximate surface area is 166 Å². The highest BCUT2D eigenvalue weighted by atomic mass is 79.9. The molecular weight excluding hydrogens is 430 g/mol. The number of aromatic nitrogens is 2. The molecule has 1 saturated heterocycles. The van der Waals surface area contributed by atoms with Crippen LogP contribution in [0, 0.1) is 0 Å². The Morgan fingerprint density at radius 1 is 1.04 bits per heavy atom. The molecule has 0 saturated carbocycles. The largest absolute Gasteiger partial charge is 0.378 e. The Balaban J connectivity index is 1.71. The Hall–Kier alpha value is -2.16. The van der Waals surface area contributed by atoms with Crippen LogP contribution in [0.15, 0.2) is 70.3 Å². The zero-order chi connectivity index (χ0) is 18.9. The Bertz CT molecular complexity index is 1030. The quantitative estimate of drug-likeness (QED) is 0.613. The molecule has 2 aromatic heterocycles. The molecule has 0 atom stereocenters. The van der Waals surface area contributed by atoms with Gasteiger partial charge in [0.1, 0.15) is 5.82 Å². The second-order valence-electron chi connectivity index (χ2n) is 6.16. The van der Waals surface area contributed by atoms with Crippen LogP contribution in [0.4, 0.5) is 5.82 Å². The third-order valence-electron chi connectivity index (χ3n) is 4.43. The molecule has 0 bridgehead atoms. The summed E-state index contributed by atoms with van der Waals surface area (Å²) in [4.78, 5) is 6.93. The first-order valence-corrected chi connectivity index (χ1v) is 10.8. The lowest BCUT2D eigenvalue weighted by Gasteiger charge is -2.27. The molecule has 6 nitrogen and oxygen atoms in total. The minimum atomic E-state index is -3.70. The van der Waals surface area contributed by atoms with Gasteiger partial charge in [0.05, 0.1) is 23.8 Å². The van der Waals surface area contributed by atoms with Gasteiger partial charge in [0.25, 0.3) is 10.0 Å². The molecular formula is C19H18BrN3O3S. The van der Waals surface area contributed by atoms with Crippen LogP contribution in [0.1, 0.15) is 0 Å². The molecule has 3 aromatic rings. The minimum Gasteiger partial charge on any atom is -0.378 e. The molecule has 8 heteroatoms. The molecule has 140 valence electrons. The highest BCUT2D eigenvalue weighted by Gasteiger charge is 2.21. The van der Waals surface area contributed by atoms with E-state index in [2.05, 4.69) is 25.8 Å². The van der Waals surface area contributed by atoms with E-state index in [1.807, 2.05) is 12.1 Å². The Morgan fingerprint density at radius 2 is 1.78 bits per heavy atom. The van der Waals surface area contributed by atoms with Gasteiger partial charge in [-0.05, 0) is 46.3 Å². The van der Waals surface area contributed by atoms with Crippen LogP contribution in [0.25, 0.3) is 11.3 Å². The van der Waals surface area contributed by atoms with E-state index in [1.165, 1.54) is 3.97 Å². The lowest BCUT2D eigenvalue weighted by Crippen LogP contribution is -2.36. The van der Waals surface area contributed by atoms with Crippen LogP contribution in [-0.2, 0) is 14.8 Å². The molecule has 27 heavy (non-hydrogen) atoms. The van der Waals surface area contributed by atoms with Gasteiger partial charge in [-0.3, -0.25) is 0 Å². The van der Waals surface area contributed by atoms with Crippen molar-refractivity contribution in [2.75, 3.05) is 31.2 Å². The van der Waals surface area contributed by atoms with Crippen LogP contribution < -0.4 is 4.90 Å². The van der Waals surface area contributed by atoms with E-state index in [1.54, 1.807) is 48.8 Å². The monoisotopic (exact) mass is 447 g/mol.